The predicted octanol–water partition coefficient (Wildman–Crippen LogP) is -1.10. The van der Waals surface area contributed by atoms with E-state index in [1.807, 2.05) is 7.05 Å². The van der Waals surface area contributed by atoms with Crippen LogP contribution < -0.4 is 0 Å². The zero-order valence-electron chi connectivity index (χ0n) is 5.67. The van der Waals surface area contributed by atoms with Crippen LogP contribution in [-0.4, -0.2) is 48.5 Å². The minimum atomic E-state index is -0.186. The molecule has 0 amide bonds. The van der Waals surface area contributed by atoms with Gasteiger partial charge in [-0.15, -0.1) is 0 Å². The molecule has 0 aromatic heterocycles. The van der Waals surface area contributed by atoms with Crippen LogP contribution in [0.5, 0.6) is 0 Å². The third-order valence-electron chi connectivity index (χ3n) is 1.88. The molecule has 2 N–H and O–H groups in total. The van der Waals surface area contributed by atoms with Crippen LogP contribution in [0.15, 0.2) is 0 Å². The predicted molar refractivity (Wildman–Crippen MR) is 34.1 cm³/mol. The summed E-state index contributed by atoms with van der Waals surface area (Å²) in [4.78, 5) is 2.08. The Hall–Kier alpha value is -0.120. The summed E-state index contributed by atoms with van der Waals surface area (Å²) in [6, 6.07) is 0. The molecule has 54 valence electrons. The number of rotatable bonds is 2. The Morgan fingerprint density at radius 2 is 1.78 bits per heavy atom. The Balaban J connectivity index is 2.36. The summed E-state index contributed by atoms with van der Waals surface area (Å²) in [6.07, 6.45) is 0. The van der Waals surface area contributed by atoms with Crippen LogP contribution >= 0.6 is 0 Å². The van der Waals surface area contributed by atoms with E-state index < -0.39 is 0 Å². The highest BCUT2D eigenvalue weighted by molar-refractivity contribution is 4.92. The Labute approximate surface area is 54.9 Å². The lowest BCUT2D eigenvalue weighted by atomic mass is 9.82. The molecule has 1 saturated heterocycles. The maximum atomic E-state index is 8.77. The summed E-state index contributed by atoms with van der Waals surface area (Å²) in [5.74, 6) is 0. The van der Waals surface area contributed by atoms with Gasteiger partial charge in [-0.25, -0.2) is 0 Å². The molecule has 0 bridgehead atoms. The SMILES string of the molecule is CN1CC(CO)(CO)C1. The van der Waals surface area contributed by atoms with Gasteiger partial charge in [0.2, 0.25) is 0 Å². The van der Waals surface area contributed by atoms with Crippen LogP contribution in [-0.2, 0) is 0 Å². The second-order valence-electron chi connectivity index (χ2n) is 2.99. The second-order valence-corrected chi connectivity index (χ2v) is 2.99. The summed E-state index contributed by atoms with van der Waals surface area (Å²) >= 11 is 0. The van der Waals surface area contributed by atoms with Crippen LogP contribution in [0.4, 0.5) is 0 Å². The summed E-state index contributed by atoms with van der Waals surface area (Å²) in [5, 5.41) is 17.5. The second kappa shape index (κ2) is 2.25. The van der Waals surface area contributed by atoms with Crippen molar-refractivity contribution in [1.29, 1.82) is 0 Å². The summed E-state index contributed by atoms with van der Waals surface area (Å²) in [6.45, 7) is 1.85. The zero-order chi connectivity index (χ0) is 6.91. The minimum absolute atomic E-state index is 0.105. The smallest absolute Gasteiger partial charge is 0.0534 e. The van der Waals surface area contributed by atoms with E-state index in [2.05, 4.69) is 4.90 Å². The Morgan fingerprint density at radius 1 is 1.33 bits per heavy atom. The van der Waals surface area contributed by atoms with Crippen LogP contribution in [0.1, 0.15) is 0 Å². The molecule has 0 aliphatic carbocycles. The molecule has 1 rings (SSSR count). The molecule has 1 heterocycles. The molecule has 0 radical (unpaired) electrons. The van der Waals surface area contributed by atoms with Crippen LogP contribution in [0, 0.1) is 5.41 Å². The largest absolute Gasteiger partial charge is 0.396 e. The first-order valence-corrected chi connectivity index (χ1v) is 3.13. The van der Waals surface area contributed by atoms with E-state index in [9.17, 15) is 0 Å². The standard InChI is InChI=1S/C6H13NO2/c1-7-2-6(3-7,4-8)5-9/h8-9H,2-5H2,1H3. The third kappa shape index (κ3) is 1.08. The average molecular weight is 131 g/mol. The zero-order valence-corrected chi connectivity index (χ0v) is 5.67. The molecule has 0 aromatic rings. The molecule has 1 fully saturated rings. The maximum absolute atomic E-state index is 8.77. The first-order chi connectivity index (χ1) is 4.22. The quantitative estimate of drug-likeness (QED) is 0.500. The molecule has 0 unspecified atom stereocenters. The molecule has 1 aliphatic rings. The van der Waals surface area contributed by atoms with Crippen molar-refractivity contribution in [1.82, 2.24) is 4.90 Å². The van der Waals surface area contributed by atoms with Gasteiger partial charge in [0, 0.05) is 18.5 Å². The van der Waals surface area contributed by atoms with E-state index in [4.69, 9.17) is 10.2 Å². The van der Waals surface area contributed by atoms with Crippen molar-refractivity contribution in [2.75, 3.05) is 33.4 Å². The molecular formula is C6H13NO2. The Kier molecular flexibility index (Phi) is 1.75. The molecular weight excluding hydrogens is 118 g/mol. The summed E-state index contributed by atoms with van der Waals surface area (Å²) < 4.78 is 0. The van der Waals surface area contributed by atoms with Gasteiger partial charge in [-0.1, -0.05) is 0 Å². The van der Waals surface area contributed by atoms with Crippen molar-refractivity contribution in [2.45, 2.75) is 0 Å². The van der Waals surface area contributed by atoms with Gasteiger partial charge < -0.3 is 15.1 Å². The first-order valence-electron chi connectivity index (χ1n) is 3.13. The normalized spacial score (nSPS) is 25.7. The van der Waals surface area contributed by atoms with Gasteiger partial charge in [-0.2, -0.15) is 0 Å². The fourth-order valence-corrected chi connectivity index (χ4v) is 1.35. The molecule has 9 heavy (non-hydrogen) atoms. The minimum Gasteiger partial charge on any atom is -0.396 e. The summed E-state index contributed by atoms with van der Waals surface area (Å²) in [7, 11) is 1.98. The van der Waals surface area contributed by atoms with Crippen LogP contribution in [0.3, 0.4) is 0 Å². The molecule has 3 nitrogen and oxygen atoms in total. The average Bonchev–Trinajstić information content (AvgIpc) is 1.81. The van der Waals surface area contributed by atoms with Gasteiger partial charge in [0.1, 0.15) is 0 Å². The Morgan fingerprint density at radius 3 is 1.89 bits per heavy atom. The summed E-state index contributed by atoms with van der Waals surface area (Å²) in [5.41, 5.74) is -0.186. The fourth-order valence-electron chi connectivity index (χ4n) is 1.35. The topological polar surface area (TPSA) is 43.7 Å². The fraction of sp³-hybridized carbons (Fsp3) is 1.00. The molecule has 3 heteroatoms. The highest BCUT2D eigenvalue weighted by Crippen LogP contribution is 2.26. The first kappa shape index (κ1) is 6.99. The number of likely N-dealkylation sites (tertiary alicyclic amines) is 1. The van der Waals surface area contributed by atoms with Crippen LogP contribution in [0.2, 0.25) is 0 Å². The van der Waals surface area contributed by atoms with E-state index in [0.717, 1.165) is 13.1 Å². The van der Waals surface area contributed by atoms with Gasteiger partial charge in [0.05, 0.1) is 13.2 Å². The van der Waals surface area contributed by atoms with Crippen molar-refractivity contribution in [3.05, 3.63) is 0 Å². The Bertz CT molecular complexity index is 93.2. The van der Waals surface area contributed by atoms with Gasteiger partial charge >= 0.3 is 0 Å². The number of aliphatic hydroxyl groups excluding tert-OH is 2. The van der Waals surface area contributed by atoms with Gasteiger partial charge in [0.15, 0.2) is 0 Å². The lowest BCUT2D eigenvalue weighted by Gasteiger charge is -2.46. The molecule has 0 spiro atoms. The van der Waals surface area contributed by atoms with Gasteiger partial charge in [-0.05, 0) is 7.05 Å². The number of hydrogen-bond acceptors (Lipinski definition) is 3. The molecule has 1 aliphatic heterocycles. The van der Waals surface area contributed by atoms with E-state index in [-0.39, 0.29) is 18.6 Å². The van der Waals surface area contributed by atoms with Gasteiger partial charge in [-0.3, -0.25) is 0 Å². The maximum Gasteiger partial charge on any atom is 0.0534 e. The van der Waals surface area contributed by atoms with Crippen molar-refractivity contribution in [3.8, 4) is 0 Å². The van der Waals surface area contributed by atoms with Crippen molar-refractivity contribution in [3.63, 3.8) is 0 Å². The molecule has 0 aromatic carbocycles. The number of hydrogen-bond donors (Lipinski definition) is 2. The van der Waals surface area contributed by atoms with Crippen molar-refractivity contribution in [2.24, 2.45) is 5.41 Å². The van der Waals surface area contributed by atoms with Crippen LogP contribution in [0.25, 0.3) is 0 Å². The van der Waals surface area contributed by atoms with E-state index >= 15 is 0 Å². The van der Waals surface area contributed by atoms with E-state index in [0.29, 0.717) is 0 Å². The lowest BCUT2D eigenvalue weighted by Crippen LogP contribution is -2.58. The lowest BCUT2D eigenvalue weighted by molar-refractivity contribution is -0.0622. The highest BCUT2D eigenvalue weighted by Gasteiger charge is 2.39. The van der Waals surface area contributed by atoms with Crippen molar-refractivity contribution < 1.29 is 10.2 Å². The highest BCUT2D eigenvalue weighted by atomic mass is 16.3. The number of nitrogens with zero attached hydrogens (tertiary/aromatic N) is 1. The molecule has 0 atom stereocenters. The van der Waals surface area contributed by atoms with Crippen molar-refractivity contribution >= 4 is 0 Å². The molecule has 0 saturated carbocycles. The van der Waals surface area contributed by atoms with E-state index in [1.165, 1.54) is 0 Å². The van der Waals surface area contributed by atoms with E-state index in [1.54, 1.807) is 0 Å². The van der Waals surface area contributed by atoms with Gasteiger partial charge in [0.25, 0.3) is 0 Å². The number of aliphatic hydroxyl groups is 2. The monoisotopic (exact) mass is 131 g/mol. The third-order valence-corrected chi connectivity index (χ3v) is 1.88.